The van der Waals surface area contributed by atoms with Gasteiger partial charge in [0.2, 0.25) is 0 Å². The summed E-state index contributed by atoms with van der Waals surface area (Å²) in [6, 6.07) is 14.8. The maximum atomic E-state index is 12.1. The Balaban J connectivity index is 1.82. The molecule has 0 fully saturated rings. The summed E-state index contributed by atoms with van der Waals surface area (Å²) in [5.41, 5.74) is 2.51. The van der Waals surface area contributed by atoms with Crippen molar-refractivity contribution in [1.82, 2.24) is 4.98 Å². The van der Waals surface area contributed by atoms with Crippen molar-refractivity contribution in [3.8, 4) is 0 Å². The molecular formula is C16H13NO3. The SMILES string of the molecule is Cc1nc2c(C(=O)OCc3ccccc3)cccc2o1. The van der Waals surface area contributed by atoms with Crippen LogP contribution in [0.25, 0.3) is 11.1 Å². The van der Waals surface area contributed by atoms with Crippen molar-refractivity contribution in [2.45, 2.75) is 13.5 Å². The van der Waals surface area contributed by atoms with Gasteiger partial charge in [-0.25, -0.2) is 9.78 Å². The molecule has 0 saturated carbocycles. The normalized spacial score (nSPS) is 10.7. The van der Waals surface area contributed by atoms with Crippen LogP contribution in [-0.4, -0.2) is 11.0 Å². The molecule has 0 aliphatic rings. The fraction of sp³-hybridized carbons (Fsp3) is 0.125. The van der Waals surface area contributed by atoms with Gasteiger partial charge in [-0.3, -0.25) is 0 Å². The summed E-state index contributed by atoms with van der Waals surface area (Å²) in [5, 5.41) is 0. The molecule has 3 rings (SSSR count). The van der Waals surface area contributed by atoms with Gasteiger partial charge >= 0.3 is 5.97 Å². The molecule has 3 aromatic rings. The van der Waals surface area contributed by atoms with E-state index in [4.69, 9.17) is 9.15 Å². The lowest BCUT2D eigenvalue weighted by Crippen LogP contribution is -2.05. The van der Waals surface area contributed by atoms with E-state index >= 15 is 0 Å². The van der Waals surface area contributed by atoms with Gasteiger partial charge in [-0.05, 0) is 17.7 Å². The third-order valence-electron chi connectivity index (χ3n) is 2.96. The third-order valence-corrected chi connectivity index (χ3v) is 2.96. The van der Waals surface area contributed by atoms with Crippen LogP contribution in [0.3, 0.4) is 0 Å². The molecule has 20 heavy (non-hydrogen) atoms. The number of esters is 1. The van der Waals surface area contributed by atoms with Gasteiger partial charge in [-0.1, -0.05) is 36.4 Å². The van der Waals surface area contributed by atoms with Crippen LogP contribution in [0, 0.1) is 6.92 Å². The van der Waals surface area contributed by atoms with Crippen LogP contribution in [-0.2, 0) is 11.3 Å². The monoisotopic (exact) mass is 267 g/mol. The summed E-state index contributed by atoms with van der Waals surface area (Å²) in [4.78, 5) is 16.4. The molecule has 4 heteroatoms. The summed E-state index contributed by atoms with van der Waals surface area (Å²) in [6.07, 6.45) is 0. The first-order chi connectivity index (χ1) is 9.74. The lowest BCUT2D eigenvalue weighted by molar-refractivity contribution is 0.0475. The highest BCUT2D eigenvalue weighted by Crippen LogP contribution is 2.20. The number of hydrogen-bond acceptors (Lipinski definition) is 4. The topological polar surface area (TPSA) is 52.3 Å². The van der Waals surface area contributed by atoms with Gasteiger partial charge in [-0.15, -0.1) is 0 Å². The second kappa shape index (κ2) is 5.17. The van der Waals surface area contributed by atoms with Crippen LogP contribution in [0.1, 0.15) is 21.8 Å². The Labute approximate surface area is 116 Å². The van der Waals surface area contributed by atoms with Crippen LogP contribution in [0.5, 0.6) is 0 Å². The van der Waals surface area contributed by atoms with Gasteiger partial charge in [0, 0.05) is 6.92 Å². The molecular weight excluding hydrogens is 254 g/mol. The summed E-state index contributed by atoms with van der Waals surface area (Å²) in [5.74, 6) is 0.135. The smallest absolute Gasteiger partial charge is 0.340 e. The molecule has 0 bridgehead atoms. The number of hydrogen-bond donors (Lipinski definition) is 0. The summed E-state index contributed by atoms with van der Waals surface area (Å²) in [6.45, 7) is 1.99. The Hall–Kier alpha value is -2.62. The highest BCUT2D eigenvalue weighted by Gasteiger charge is 2.15. The van der Waals surface area contributed by atoms with E-state index in [0.29, 0.717) is 22.6 Å². The van der Waals surface area contributed by atoms with Crippen molar-refractivity contribution < 1.29 is 13.9 Å². The van der Waals surface area contributed by atoms with E-state index in [1.54, 1.807) is 25.1 Å². The van der Waals surface area contributed by atoms with Gasteiger partial charge in [0.1, 0.15) is 12.1 Å². The number of nitrogens with zero attached hydrogens (tertiary/aromatic N) is 1. The number of ether oxygens (including phenoxy) is 1. The van der Waals surface area contributed by atoms with Crippen LogP contribution in [0.15, 0.2) is 52.9 Å². The first kappa shape index (κ1) is 12.4. The maximum Gasteiger partial charge on any atom is 0.340 e. The van der Waals surface area contributed by atoms with Crippen LogP contribution < -0.4 is 0 Å². The zero-order chi connectivity index (χ0) is 13.9. The lowest BCUT2D eigenvalue weighted by atomic mass is 10.2. The molecule has 1 heterocycles. The van der Waals surface area contributed by atoms with Crippen LogP contribution in [0.4, 0.5) is 0 Å². The predicted molar refractivity (Wildman–Crippen MR) is 74.3 cm³/mol. The van der Waals surface area contributed by atoms with E-state index in [2.05, 4.69) is 4.98 Å². The average molecular weight is 267 g/mol. The fourth-order valence-electron chi connectivity index (χ4n) is 2.02. The zero-order valence-electron chi connectivity index (χ0n) is 11.0. The van der Waals surface area contributed by atoms with Gasteiger partial charge in [0.05, 0.1) is 5.56 Å². The van der Waals surface area contributed by atoms with Crippen molar-refractivity contribution in [2.24, 2.45) is 0 Å². The summed E-state index contributed by atoms with van der Waals surface area (Å²) < 4.78 is 10.7. The third kappa shape index (κ3) is 2.40. The molecule has 0 spiro atoms. The molecule has 2 aromatic carbocycles. The minimum atomic E-state index is -0.396. The van der Waals surface area contributed by atoms with Gasteiger partial charge in [0.25, 0.3) is 0 Å². The van der Waals surface area contributed by atoms with E-state index in [1.807, 2.05) is 30.3 Å². The Morgan fingerprint density at radius 2 is 1.95 bits per heavy atom. The lowest BCUT2D eigenvalue weighted by Gasteiger charge is -2.05. The van der Waals surface area contributed by atoms with E-state index in [-0.39, 0.29) is 6.61 Å². The molecule has 0 aliphatic carbocycles. The molecule has 100 valence electrons. The number of aryl methyl sites for hydroxylation is 1. The number of aromatic nitrogens is 1. The molecule has 0 N–H and O–H groups in total. The standard InChI is InChI=1S/C16H13NO3/c1-11-17-15-13(8-5-9-14(15)20-11)16(18)19-10-12-6-3-2-4-7-12/h2-9H,10H2,1H3. The van der Waals surface area contributed by atoms with Crippen molar-refractivity contribution in [2.75, 3.05) is 0 Å². The molecule has 0 unspecified atom stereocenters. The number of carbonyl (C=O) groups is 1. The molecule has 0 amide bonds. The van der Waals surface area contributed by atoms with Gasteiger partial charge in [0.15, 0.2) is 11.5 Å². The second-order valence-corrected chi connectivity index (χ2v) is 4.45. The van der Waals surface area contributed by atoms with E-state index < -0.39 is 5.97 Å². The predicted octanol–water partition coefficient (Wildman–Crippen LogP) is 3.49. The van der Waals surface area contributed by atoms with Gasteiger partial charge in [-0.2, -0.15) is 0 Å². The van der Waals surface area contributed by atoms with Crippen molar-refractivity contribution in [3.05, 3.63) is 65.5 Å². The highest BCUT2D eigenvalue weighted by molar-refractivity contribution is 6.01. The number of carbonyl (C=O) groups excluding carboxylic acids is 1. The number of para-hydroxylation sites is 1. The quantitative estimate of drug-likeness (QED) is 0.681. The Bertz CT molecular complexity index is 747. The number of oxazole rings is 1. The van der Waals surface area contributed by atoms with E-state index in [9.17, 15) is 4.79 Å². The number of benzene rings is 2. The Morgan fingerprint density at radius 1 is 1.15 bits per heavy atom. The van der Waals surface area contributed by atoms with Crippen molar-refractivity contribution >= 4 is 17.1 Å². The Morgan fingerprint density at radius 3 is 2.75 bits per heavy atom. The minimum Gasteiger partial charge on any atom is -0.457 e. The number of rotatable bonds is 3. The second-order valence-electron chi connectivity index (χ2n) is 4.45. The first-order valence-corrected chi connectivity index (χ1v) is 6.31. The average Bonchev–Trinajstić information content (AvgIpc) is 2.85. The van der Waals surface area contributed by atoms with Crippen LogP contribution in [0.2, 0.25) is 0 Å². The van der Waals surface area contributed by atoms with Crippen molar-refractivity contribution in [3.63, 3.8) is 0 Å². The minimum absolute atomic E-state index is 0.243. The maximum absolute atomic E-state index is 12.1. The largest absolute Gasteiger partial charge is 0.457 e. The molecule has 4 nitrogen and oxygen atoms in total. The highest BCUT2D eigenvalue weighted by atomic mass is 16.5. The first-order valence-electron chi connectivity index (χ1n) is 6.31. The fourth-order valence-corrected chi connectivity index (χ4v) is 2.02. The number of fused-ring (bicyclic) bond motifs is 1. The van der Waals surface area contributed by atoms with Crippen molar-refractivity contribution in [1.29, 1.82) is 0 Å². The molecule has 0 saturated heterocycles. The molecule has 1 aromatic heterocycles. The molecule has 0 atom stereocenters. The Kier molecular flexibility index (Phi) is 3.21. The van der Waals surface area contributed by atoms with E-state index in [0.717, 1.165) is 5.56 Å². The van der Waals surface area contributed by atoms with Crippen LogP contribution >= 0.6 is 0 Å². The van der Waals surface area contributed by atoms with Gasteiger partial charge < -0.3 is 9.15 Å². The van der Waals surface area contributed by atoms with E-state index in [1.165, 1.54) is 0 Å². The summed E-state index contributed by atoms with van der Waals surface area (Å²) in [7, 11) is 0. The molecule has 0 radical (unpaired) electrons. The zero-order valence-corrected chi connectivity index (χ0v) is 11.0. The summed E-state index contributed by atoms with van der Waals surface area (Å²) >= 11 is 0. The molecule has 0 aliphatic heterocycles.